The van der Waals surface area contributed by atoms with Gasteiger partial charge in [0.05, 0.1) is 17.3 Å². The summed E-state index contributed by atoms with van der Waals surface area (Å²) in [5.74, 6) is -1.15. The minimum Gasteiger partial charge on any atom is -0.468 e. The molecule has 1 aromatic carbocycles. The summed E-state index contributed by atoms with van der Waals surface area (Å²) in [6.07, 6.45) is 4.27. The predicted octanol–water partition coefficient (Wildman–Crippen LogP) is 2.52. The molecule has 0 aliphatic rings. The van der Waals surface area contributed by atoms with Crippen LogP contribution in [0.5, 0.6) is 0 Å². The molecule has 0 aliphatic carbocycles. The van der Waals surface area contributed by atoms with E-state index in [-0.39, 0.29) is 18.4 Å². The van der Waals surface area contributed by atoms with Crippen LogP contribution in [0.3, 0.4) is 0 Å². The molecule has 0 saturated heterocycles. The van der Waals surface area contributed by atoms with Crippen LogP contribution in [0.4, 0.5) is 0 Å². The van der Waals surface area contributed by atoms with Gasteiger partial charge < -0.3 is 19.9 Å². The number of benzene rings is 1. The van der Waals surface area contributed by atoms with Crippen LogP contribution in [-0.2, 0) is 14.3 Å². The highest BCUT2D eigenvalue weighted by Crippen LogP contribution is 2.26. The molecule has 1 atom stereocenters. The average molecular weight is 429 g/mol. The molecule has 0 aliphatic heterocycles. The Morgan fingerprint density at radius 3 is 2.60 bits per heavy atom. The maximum atomic E-state index is 12.8. The van der Waals surface area contributed by atoms with Gasteiger partial charge in [-0.1, -0.05) is 25.2 Å². The molecular formula is C21H24N4O4S. The van der Waals surface area contributed by atoms with Crippen molar-refractivity contribution in [3.63, 3.8) is 0 Å². The standard InChI is InChI=1S/C21H24N4O4S/c1-13(2)10-16(20(28)22-12-18(26)29-3)23-19(27)14-6-7-15-17(11-14)30-21(24-15)25-8-4-5-9-25/h4-9,11,13,16H,10,12H2,1-3H3,(H,22,28)(H,23,27). The summed E-state index contributed by atoms with van der Waals surface area (Å²) in [5, 5.41) is 6.10. The second-order valence-corrected chi connectivity index (χ2v) is 8.23. The van der Waals surface area contributed by atoms with Crippen LogP contribution < -0.4 is 10.6 Å². The van der Waals surface area contributed by atoms with Crippen molar-refractivity contribution in [2.75, 3.05) is 13.7 Å². The SMILES string of the molecule is COC(=O)CNC(=O)C(CC(C)C)NC(=O)c1ccc2nc(-n3cccc3)sc2c1. The highest BCUT2D eigenvalue weighted by atomic mass is 32.1. The lowest BCUT2D eigenvalue weighted by Gasteiger charge is -2.20. The maximum Gasteiger partial charge on any atom is 0.325 e. The van der Waals surface area contributed by atoms with Crippen molar-refractivity contribution in [3.05, 3.63) is 48.3 Å². The van der Waals surface area contributed by atoms with Gasteiger partial charge in [-0.3, -0.25) is 14.4 Å². The van der Waals surface area contributed by atoms with Gasteiger partial charge in [0.25, 0.3) is 5.91 Å². The number of hydrogen-bond acceptors (Lipinski definition) is 6. The maximum absolute atomic E-state index is 12.8. The quantitative estimate of drug-likeness (QED) is 0.537. The largest absolute Gasteiger partial charge is 0.468 e. The summed E-state index contributed by atoms with van der Waals surface area (Å²) in [6.45, 7) is 3.67. The van der Waals surface area contributed by atoms with E-state index in [2.05, 4.69) is 20.4 Å². The molecule has 3 rings (SSSR count). The van der Waals surface area contributed by atoms with Crippen molar-refractivity contribution in [1.82, 2.24) is 20.2 Å². The fraction of sp³-hybridized carbons (Fsp3) is 0.333. The van der Waals surface area contributed by atoms with Crippen molar-refractivity contribution < 1.29 is 19.1 Å². The summed E-state index contributed by atoms with van der Waals surface area (Å²) in [7, 11) is 1.25. The van der Waals surface area contributed by atoms with E-state index >= 15 is 0 Å². The van der Waals surface area contributed by atoms with Gasteiger partial charge >= 0.3 is 5.97 Å². The third-order valence-corrected chi connectivity index (χ3v) is 5.46. The van der Waals surface area contributed by atoms with Gasteiger partial charge in [-0.05, 0) is 42.7 Å². The molecule has 2 amide bonds. The average Bonchev–Trinajstić information content (AvgIpc) is 3.39. The zero-order chi connectivity index (χ0) is 21.7. The first kappa shape index (κ1) is 21.5. The minimum absolute atomic E-state index is 0.173. The highest BCUT2D eigenvalue weighted by Gasteiger charge is 2.23. The highest BCUT2D eigenvalue weighted by molar-refractivity contribution is 7.20. The summed E-state index contributed by atoms with van der Waals surface area (Å²) < 4.78 is 7.32. The molecule has 2 aromatic heterocycles. The van der Waals surface area contributed by atoms with Gasteiger partial charge in [-0.2, -0.15) is 0 Å². The third-order valence-electron chi connectivity index (χ3n) is 4.43. The molecular weight excluding hydrogens is 404 g/mol. The van der Waals surface area contributed by atoms with E-state index in [1.54, 1.807) is 18.2 Å². The lowest BCUT2D eigenvalue weighted by atomic mass is 10.0. The molecule has 8 nitrogen and oxygen atoms in total. The van der Waals surface area contributed by atoms with E-state index in [0.717, 1.165) is 15.3 Å². The molecule has 0 saturated carbocycles. The summed E-state index contributed by atoms with van der Waals surface area (Å²) >= 11 is 1.48. The molecule has 0 spiro atoms. The van der Waals surface area contributed by atoms with Crippen LogP contribution in [0.1, 0.15) is 30.6 Å². The second-order valence-electron chi connectivity index (χ2n) is 7.22. The van der Waals surface area contributed by atoms with Gasteiger partial charge in [0, 0.05) is 18.0 Å². The lowest BCUT2D eigenvalue weighted by molar-refractivity contribution is -0.141. The third kappa shape index (κ3) is 5.24. The second kappa shape index (κ2) is 9.53. The number of carbonyl (C=O) groups excluding carboxylic acids is 3. The van der Waals surface area contributed by atoms with E-state index in [9.17, 15) is 14.4 Å². The first-order valence-corrected chi connectivity index (χ1v) is 10.4. The summed E-state index contributed by atoms with van der Waals surface area (Å²) in [6, 6.07) is 8.34. The Kier molecular flexibility index (Phi) is 6.83. The van der Waals surface area contributed by atoms with Gasteiger partial charge in [0.2, 0.25) is 5.91 Å². The fourth-order valence-electron chi connectivity index (χ4n) is 2.93. The molecule has 0 bridgehead atoms. The Labute approximate surface area is 178 Å². The van der Waals surface area contributed by atoms with Crippen LogP contribution in [0, 0.1) is 5.92 Å². The zero-order valence-electron chi connectivity index (χ0n) is 17.0. The fourth-order valence-corrected chi connectivity index (χ4v) is 3.90. The lowest BCUT2D eigenvalue weighted by Crippen LogP contribution is -2.48. The molecule has 9 heteroatoms. The smallest absolute Gasteiger partial charge is 0.325 e. The van der Waals surface area contributed by atoms with Gasteiger partial charge in [0.1, 0.15) is 12.6 Å². The van der Waals surface area contributed by atoms with Crippen molar-refractivity contribution in [1.29, 1.82) is 0 Å². The van der Waals surface area contributed by atoms with Crippen molar-refractivity contribution in [2.24, 2.45) is 5.92 Å². The number of rotatable bonds is 8. The number of aromatic nitrogens is 2. The number of hydrogen-bond donors (Lipinski definition) is 2. The Bertz CT molecular complexity index is 1040. The van der Waals surface area contributed by atoms with Crippen molar-refractivity contribution in [3.8, 4) is 5.13 Å². The number of amides is 2. The van der Waals surface area contributed by atoms with Crippen molar-refractivity contribution in [2.45, 2.75) is 26.3 Å². The normalized spacial score (nSPS) is 12.0. The summed E-state index contributed by atoms with van der Waals surface area (Å²) in [5.41, 5.74) is 1.24. The van der Waals surface area contributed by atoms with Gasteiger partial charge in [-0.15, -0.1) is 0 Å². The van der Waals surface area contributed by atoms with Gasteiger partial charge in [-0.25, -0.2) is 4.98 Å². The number of carbonyl (C=O) groups is 3. The number of thiazole rings is 1. The van der Waals surface area contributed by atoms with Gasteiger partial charge in [0.15, 0.2) is 5.13 Å². The van der Waals surface area contributed by atoms with Crippen molar-refractivity contribution >= 4 is 39.3 Å². The topological polar surface area (TPSA) is 102 Å². The molecule has 3 aromatic rings. The molecule has 0 fully saturated rings. The first-order valence-electron chi connectivity index (χ1n) is 9.56. The molecule has 30 heavy (non-hydrogen) atoms. The molecule has 2 heterocycles. The monoisotopic (exact) mass is 428 g/mol. The van der Waals surface area contributed by atoms with E-state index in [0.29, 0.717) is 12.0 Å². The van der Waals surface area contributed by atoms with Crippen LogP contribution in [0.2, 0.25) is 0 Å². The molecule has 158 valence electrons. The summed E-state index contributed by atoms with van der Waals surface area (Å²) in [4.78, 5) is 41.1. The molecule has 1 unspecified atom stereocenters. The number of esters is 1. The Hall–Kier alpha value is -3.20. The van der Waals surface area contributed by atoms with Crippen LogP contribution in [0.25, 0.3) is 15.3 Å². The zero-order valence-corrected chi connectivity index (χ0v) is 17.9. The number of fused-ring (bicyclic) bond motifs is 1. The number of ether oxygens (including phenoxy) is 1. The molecule has 2 N–H and O–H groups in total. The Morgan fingerprint density at radius 1 is 1.20 bits per heavy atom. The van der Waals surface area contributed by atoms with Crippen LogP contribution >= 0.6 is 11.3 Å². The number of nitrogens with zero attached hydrogens (tertiary/aromatic N) is 2. The van der Waals surface area contributed by atoms with Crippen LogP contribution in [-0.4, -0.2) is 47.0 Å². The Balaban J connectivity index is 1.74. The first-order chi connectivity index (χ1) is 14.4. The van der Waals surface area contributed by atoms with Crippen LogP contribution in [0.15, 0.2) is 42.7 Å². The minimum atomic E-state index is -0.755. The van der Waals surface area contributed by atoms with E-state index in [1.807, 2.05) is 42.9 Å². The number of methoxy groups -OCH3 is 1. The molecule has 0 radical (unpaired) electrons. The van der Waals surface area contributed by atoms with E-state index < -0.39 is 17.9 Å². The number of nitrogens with one attached hydrogen (secondary N) is 2. The van der Waals surface area contributed by atoms with E-state index in [4.69, 9.17) is 0 Å². The van der Waals surface area contributed by atoms with E-state index in [1.165, 1.54) is 18.4 Å². The predicted molar refractivity (Wildman–Crippen MR) is 115 cm³/mol. The Morgan fingerprint density at radius 2 is 1.93 bits per heavy atom.